The van der Waals surface area contributed by atoms with Gasteiger partial charge in [0.1, 0.15) is 24.7 Å². The lowest BCUT2D eigenvalue weighted by atomic mass is 10.1. The number of amides is 5. The summed E-state index contributed by atoms with van der Waals surface area (Å²) in [6, 6.07) is -5.13. The second-order valence-electron chi connectivity index (χ2n) is 15.9. The largest absolute Gasteiger partial charge is 0.481 e. The van der Waals surface area contributed by atoms with Crippen LogP contribution in [0.5, 0.6) is 0 Å². The summed E-state index contributed by atoms with van der Waals surface area (Å²) in [7, 11) is 0. The maximum Gasteiger partial charge on any atom is 0.326 e. The van der Waals surface area contributed by atoms with Gasteiger partial charge in [0.05, 0.1) is 19.6 Å². The number of nitrogens with one attached hydrogen (secondary N) is 5. The van der Waals surface area contributed by atoms with Crippen molar-refractivity contribution >= 4 is 65.5 Å². The van der Waals surface area contributed by atoms with Crippen molar-refractivity contribution in [2.45, 2.75) is 108 Å². The van der Waals surface area contributed by atoms with Crippen LogP contribution in [-0.2, 0) is 47.9 Å². The Kier molecular flexibility index (Phi) is 29.2. The van der Waals surface area contributed by atoms with Crippen molar-refractivity contribution < 1.29 is 88.5 Å². The molecule has 3 unspecified atom stereocenters. The minimum atomic E-state index is -1.53. The fourth-order valence-corrected chi connectivity index (χ4v) is 6.82. The van der Waals surface area contributed by atoms with E-state index in [-0.39, 0.29) is 104 Å². The van der Waals surface area contributed by atoms with Crippen molar-refractivity contribution in [3.63, 3.8) is 0 Å². The van der Waals surface area contributed by atoms with Gasteiger partial charge in [-0.2, -0.15) is 0 Å². The number of hydrogen-bond donors (Lipinski definition) is 12. The first-order chi connectivity index (χ1) is 31.7. The third-order valence-electron chi connectivity index (χ3n) is 10.4. The van der Waals surface area contributed by atoms with E-state index in [0.717, 1.165) is 0 Å². The lowest BCUT2D eigenvalue weighted by Crippen LogP contribution is -2.56. The molecule has 0 saturated carbocycles. The maximum atomic E-state index is 13.0. The van der Waals surface area contributed by atoms with E-state index in [9.17, 15) is 78.3 Å². The molecule has 27 nitrogen and oxygen atoms in total. The Balaban J connectivity index is 2.39. The lowest BCUT2D eigenvalue weighted by Gasteiger charge is -2.38. The van der Waals surface area contributed by atoms with E-state index in [1.165, 1.54) is 10.0 Å². The van der Waals surface area contributed by atoms with Crippen LogP contribution in [0.15, 0.2) is 0 Å². The predicted octanol–water partition coefficient (Wildman–Crippen LogP) is -2.07. The molecule has 0 aromatic heterocycles. The summed E-state index contributed by atoms with van der Waals surface area (Å²) in [5, 5.41) is 80.2. The van der Waals surface area contributed by atoms with Crippen molar-refractivity contribution in [3.8, 4) is 0 Å². The van der Waals surface area contributed by atoms with E-state index in [4.69, 9.17) is 10.2 Å². The molecule has 380 valence electrons. The number of carbonyl (C=O) groups is 11. The quantitative estimate of drug-likeness (QED) is 0.0308. The molecule has 0 spiro atoms. The monoisotopic (exact) mass is 961 g/mol. The number of aliphatic carboxylic acids is 7. The lowest BCUT2D eigenvalue weighted by molar-refractivity contribution is -0.149. The van der Waals surface area contributed by atoms with Gasteiger partial charge in [-0.3, -0.25) is 43.4 Å². The van der Waals surface area contributed by atoms with Crippen LogP contribution in [0, 0.1) is 0 Å². The Hall–Kier alpha value is -6.19. The summed E-state index contributed by atoms with van der Waals surface area (Å²) < 4.78 is 0. The molecule has 0 aromatic carbocycles. The van der Waals surface area contributed by atoms with Crippen LogP contribution < -0.4 is 26.6 Å². The standard InChI is InChI=1S/C40H67N9O18/c50-30(41-15-7-6-10-28(38(63)64)44-40(67)45-29(39(65)66)13-14-33(53)54)11-3-1-2-4-12-31(51)43-27(37(61)62)9-5-8-16-42-32(52)23-48-21-19-46(24-34(55)56)17-18-47(25-35(57)58)20-22-49(48)26-36(59)60/h27-29H,1-26H2,(H,41,50)(H,42,52)(H,43,51)(H,53,54)(H,55,56)(H,57,58)(H,59,60)(H,61,62)(H,63,64)(H,65,66)(H2,44,45,67). The molecule has 3 atom stereocenters. The smallest absolute Gasteiger partial charge is 0.326 e. The van der Waals surface area contributed by atoms with Crippen LogP contribution in [0.1, 0.15) is 89.9 Å². The highest BCUT2D eigenvalue weighted by Gasteiger charge is 2.27. The Morgan fingerprint density at radius 2 is 0.776 bits per heavy atom. The van der Waals surface area contributed by atoms with Crippen LogP contribution in [-0.4, -0.2) is 218 Å². The van der Waals surface area contributed by atoms with Crippen molar-refractivity contribution in [1.82, 2.24) is 46.4 Å². The number of nitrogens with zero attached hydrogens (tertiary/aromatic N) is 4. The predicted molar refractivity (Wildman–Crippen MR) is 231 cm³/mol. The summed E-state index contributed by atoms with van der Waals surface area (Å²) in [6.07, 6.45) is 2.93. The Morgan fingerprint density at radius 3 is 1.22 bits per heavy atom. The molecule has 27 heteroatoms. The van der Waals surface area contributed by atoms with Crippen LogP contribution in [0.3, 0.4) is 0 Å². The number of unbranched alkanes of at least 4 members (excludes halogenated alkanes) is 5. The number of carboxylic acid groups (broad SMARTS) is 7. The number of carbonyl (C=O) groups excluding carboxylic acids is 4. The van der Waals surface area contributed by atoms with Gasteiger partial charge in [0, 0.05) is 71.6 Å². The second-order valence-corrected chi connectivity index (χ2v) is 15.9. The van der Waals surface area contributed by atoms with Gasteiger partial charge in [0.2, 0.25) is 17.7 Å². The highest BCUT2D eigenvalue weighted by molar-refractivity contribution is 5.86. The SMILES string of the molecule is O=C(O)CCC(NC(=O)NC(CCCCNC(=O)CCCCCCC(=O)NC(CCCCNC(=O)CN1CCN(CC(=O)O)CCN(CC(=O)O)CCN1CC(=O)O)C(=O)O)C(=O)O)C(=O)O. The van der Waals surface area contributed by atoms with Crippen LogP contribution in [0.2, 0.25) is 0 Å². The molecule has 1 rings (SSSR count). The average molecular weight is 962 g/mol. The minimum absolute atomic E-state index is 0.0209. The normalized spacial score (nSPS) is 15.5. The van der Waals surface area contributed by atoms with E-state index in [1.807, 2.05) is 5.32 Å². The van der Waals surface area contributed by atoms with Gasteiger partial charge in [0.25, 0.3) is 0 Å². The first-order valence-electron chi connectivity index (χ1n) is 22.1. The van der Waals surface area contributed by atoms with Crippen LogP contribution in [0.25, 0.3) is 0 Å². The summed E-state index contributed by atoms with van der Waals surface area (Å²) in [4.78, 5) is 133. The van der Waals surface area contributed by atoms with E-state index >= 15 is 0 Å². The van der Waals surface area contributed by atoms with Crippen LogP contribution in [0.4, 0.5) is 4.79 Å². The number of hydrogen-bond acceptors (Lipinski definition) is 15. The van der Waals surface area contributed by atoms with Gasteiger partial charge >= 0.3 is 47.8 Å². The second kappa shape index (κ2) is 33.3. The molecule has 1 aliphatic heterocycles. The van der Waals surface area contributed by atoms with Gasteiger partial charge in [-0.1, -0.05) is 12.8 Å². The topological polar surface area (TPSA) is 402 Å². The van der Waals surface area contributed by atoms with Gasteiger partial charge in [-0.15, -0.1) is 0 Å². The molecule has 0 bridgehead atoms. The third-order valence-corrected chi connectivity index (χ3v) is 10.4. The zero-order valence-electron chi connectivity index (χ0n) is 37.5. The fourth-order valence-electron chi connectivity index (χ4n) is 6.82. The van der Waals surface area contributed by atoms with Gasteiger partial charge in [-0.05, 0) is 57.8 Å². The number of hydrazine groups is 1. The summed E-state index contributed by atoms with van der Waals surface area (Å²) in [5.41, 5.74) is 0. The van der Waals surface area contributed by atoms with Crippen molar-refractivity contribution in [2.75, 3.05) is 78.5 Å². The number of rotatable bonds is 34. The van der Waals surface area contributed by atoms with Gasteiger partial charge < -0.3 is 62.3 Å². The molecule has 67 heavy (non-hydrogen) atoms. The summed E-state index contributed by atoms with van der Waals surface area (Å²) in [6.45, 7) is -0.0949. The first-order valence-corrected chi connectivity index (χ1v) is 22.1. The Morgan fingerprint density at radius 1 is 0.373 bits per heavy atom. The number of carboxylic acids is 7. The van der Waals surface area contributed by atoms with Crippen molar-refractivity contribution in [2.24, 2.45) is 0 Å². The minimum Gasteiger partial charge on any atom is -0.481 e. The molecule has 0 radical (unpaired) electrons. The first kappa shape index (κ1) is 58.8. The fraction of sp³-hybridized carbons (Fsp3) is 0.725. The molecule has 1 fully saturated rings. The molecule has 1 heterocycles. The summed E-state index contributed by atoms with van der Waals surface area (Å²) in [5.74, 6) is -9.90. The Bertz CT molecular complexity index is 1670. The molecule has 1 aliphatic rings. The molecule has 5 amide bonds. The van der Waals surface area contributed by atoms with E-state index < -0.39 is 97.1 Å². The highest BCUT2D eigenvalue weighted by Crippen LogP contribution is 2.09. The van der Waals surface area contributed by atoms with Gasteiger partial charge in [0.15, 0.2) is 0 Å². The van der Waals surface area contributed by atoms with Gasteiger partial charge in [-0.25, -0.2) is 29.2 Å². The molecular weight excluding hydrogens is 894 g/mol. The third kappa shape index (κ3) is 29.1. The molecule has 12 N–H and O–H groups in total. The molecular formula is C40H67N9O18. The molecule has 0 aliphatic carbocycles. The van der Waals surface area contributed by atoms with Crippen molar-refractivity contribution in [3.05, 3.63) is 0 Å². The maximum absolute atomic E-state index is 13.0. The molecule has 0 aromatic rings. The van der Waals surface area contributed by atoms with E-state index in [1.54, 1.807) is 9.80 Å². The number of urea groups is 1. The highest BCUT2D eigenvalue weighted by atomic mass is 16.4. The summed E-state index contributed by atoms with van der Waals surface area (Å²) >= 11 is 0. The molecule has 1 saturated heterocycles. The Labute approximate surface area is 386 Å². The zero-order chi connectivity index (χ0) is 50.3. The van der Waals surface area contributed by atoms with E-state index in [2.05, 4.69) is 21.3 Å². The van der Waals surface area contributed by atoms with E-state index in [0.29, 0.717) is 51.4 Å². The zero-order valence-corrected chi connectivity index (χ0v) is 37.5. The van der Waals surface area contributed by atoms with Crippen LogP contribution >= 0.6 is 0 Å². The van der Waals surface area contributed by atoms with Crippen molar-refractivity contribution in [1.29, 1.82) is 0 Å². The average Bonchev–Trinajstić information content (AvgIpc) is 3.23.